The van der Waals surface area contributed by atoms with Crippen molar-refractivity contribution in [3.05, 3.63) is 54.2 Å². The Morgan fingerprint density at radius 2 is 2.10 bits per heavy atom. The van der Waals surface area contributed by atoms with Crippen molar-refractivity contribution in [2.24, 2.45) is 16.6 Å². The molecule has 0 radical (unpaired) electrons. The van der Waals surface area contributed by atoms with Gasteiger partial charge in [-0.3, -0.25) is 4.79 Å². The van der Waals surface area contributed by atoms with Crippen molar-refractivity contribution in [3.63, 3.8) is 0 Å². The van der Waals surface area contributed by atoms with Gasteiger partial charge in [0, 0.05) is 30.5 Å². The van der Waals surface area contributed by atoms with Crippen LogP contribution < -0.4 is 21.1 Å². The number of ether oxygens (including phenoxy) is 2. The third kappa shape index (κ3) is 7.04. The first-order chi connectivity index (χ1) is 20.3. The van der Waals surface area contributed by atoms with E-state index in [1.54, 1.807) is 10.7 Å². The zero-order chi connectivity index (χ0) is 29.6. The van der Waals surface area contributed by atoms with Gasteiger partial charge >= 0.3 is 6.01 Å². The zero-order valence-corrected chi connectivity index (χ0v) is 24.1. The van der Waals surface area contributed by atoms with Gasteiger partial charge in [0.25, 0.3) is 0 Å². The van der Waals surface area contributed by atoms with Gasteiger partial charge in [-0.05, 0) is 55.4 Å². The second-order valence-corrected chi connectivity index (χ2v) is 11.2. The maximum Gasteiger partial charge on any atom is 0.322 e. The first-order valence-electron chi connectivity index (χ1n) is 14.5. The third-order valence-electron chi connectivity index (χ3n) is 7.78. The van der Waals surface area contributed by atoms with Crippen molar-refractivity contribution in [3.8, 4) is 6.01 Å². The molecule has 1 amide bonds. The molecule has 2 aromatic heterocycles. The molecule has 11 nitrogen and oxygen atoms in total. The number of nitrogens with one attached hydrogen (secondary N) is 2. The number of hydrogen-bond donors (Lipinski definition) is 3. The Morgan fingerprint density at radius 1 is 1.29 bits per heavy atom. The lowest BCUT2D eigenvalue weighted by Crippen LogP contribution is -2.39. The molecule has 12 heteroatoms. The number of rotatable bonds is 10. The molecule has 2 fully saturated rings. The van der Waals surface area contributed by atoms with Gasteiger partial charge in [0.1, 0.15) is 11.9 Å². The number of benzene rings is 1. The molecule has 42 heavy (non-hydrogen) atoms. The molecule has 1 aliphatic carbocycles. The highest BCUT2D eigenvalue weighted by atomic mass is 19.1. The minimum atomic E-state index is -1.24. The molecule has 1 aromatic carbocycles. The van der Waals surface area contributed by atoms with Crippen LogP contribution in [0, 0.1) is 5.92 Å². The van der Waals surface area contributed by atoms with Crippen LogP contribution in [0.25, 0.3) is 5.65 Å². The van der Waals surface area contributed by atoms with E-state index in [9.17, 15) is 9.18 Å². The fraction of sp³-hybridized carbons (Fsp3) is 0.500. The SMILES string of the molecule is C=CC(=O)NC1CCC(C(N)=Nc2cccc(CNc3nc(OC4CCOCC4F)nc4c(C(C)C)cnn34)c2)CC1. The molecule has 3 aromatic rings. The predicted molar refractivity (Wildman–Crippen MR) is 159 cm³/mol. The van der Waals surface area contributed by atoms with Gasteiger partial charge in [-0.25, -0.2) is 9.38 Å². The number of carbonyl (C=O) groups excluding carboxylic acids is 1. The monoisotopic (exact) mass is 578 g/mol. The predicted octanol–water partition coefficient (Wildman–Crippen LogP) is 4.22. The van der Waals surface area contributed by atoms with E-state index in [-0.39, 0.29) is 36.4 Å². The topological polar surface area (TPSA) is 141 Å². The summed E-state index contributed by atoms with van der Waals surface area (Å²) in [5.74, 6) is 1.25. The molecule has 2 aliphatic rings. The highest BCUT2D eigenvalue weighted by molar-refractivity contribution is 5.87. The molecule has 2 unspecified atom stereocenters. The lowest BCUT2D eigenvalue weighted by Gasteiger charge is -2.28. The first kappa shape index (κ1) is 29.4. The van der Waals surface area contributed by atoms with Crippen LogP contribution in [-0.4, -0.2) is 62.9 Å². The molecule has 1 aliphatic heterocycles. The molecular weight excluding hydrogens is 539 g/mol. The largest absolute Gasteiger partial charge is 0.457 e. The molecule has 0 spiro atoms. The van der Waals surface area contributed by atoms with E-state index in [4.69, 9.17) is 20.2 Å². The molecule has 3 heterocycles. The summed E-state index contributed by atoms with van der Waals surface area (Å²) in [6.45, 7) is 8.50. The molecule has 1 saturated carbocycles. The normalized spacial score (nSPS) is 23.1. The molecule has 4 N–H and O–H groups in total. The van der Waals surface area contributed by atoms with Gasteiger partial charge in [0.05, 0.1) is 25.1 Å². The summed E-state index contributed by atoms with van der Waals surface area (Å²) in [6, 6.07) is 8.08. The number of hydrogen-bond acceptors (Lipinski definition) is 8. The van der Waals surface area contributed by atoms with Crippen LogP contribution >= 0.6 is 0 Å². The summed E-state index contributed by atoms with van der Waals surface area (Å²) < 4.78 is 27.2. The molecule has 2 atom stereocenters. The quantitative estimate of drug-likeness (QED) is 0.185. The van der Waals surface area contributed by atoms with E-state index in [0.29, 0.717) is 37.0 Å². The van der Waals surface area contributed by atoms with Crippen molar-refractivity contribution in [2.45, 2.75) is 76.7 Å². The van der Waals surface area contributed by atoms with Crippen molar-refractivity contribution in [1.82, 2.24) is 24.9 Å². The van der Waals surface area contributed by atoms with Crippen LogP contribution in [0.4, 0.5) is 16.0 Å². The summed E-state index contributed by atoms with van der Waals surface area (Å²) in [7, 11) is 0. The number of nitrogens with zero attached hydrogens (tertiary/aromatic N) is 5. The van der Waals surface area contributed by atoms with Gasteiger partial charge in [0.2, 0.25) is 11.9 Å². The van der Waals surface area contributed by atoms with E-state index in [1.165, 1.54) is 6.08 Å². The van der Waals surface area contributed by atoms with Crippen LogP contribution in [0.3, 0.4) is 0 Å². The van der Waals surface area contributed by atoms with Crippen molar-refractivity contribution in [1.29, 1.82) is 0 Å². The van der Waals surface area contributed by atoms with E-state index < -0.39 is 12.3 Å². The molecule has 5 rings (SSSR count). The summed E-state index contributed by atoms with van der Waals surface area (Å²) >= 11 is 0. The van der Waals surface area contributed by atoms with E-state index >= 15 is 0 Å². The van der Waals surface area contributed by atoms with Gasteiger partial charge in [0.15, 0.2) is 11.8 Å². The van der Waals surface area contributed by atoms with E-state index in [0.717, 1.165) is 42.5 Å². The maximum absolute atomic E-state index is 14.4. The lowest BCUT2D eigenvalue weighted by molar-refractivity contribution is -0.117. The number of anilines is 1. The highest BCUT2D eigenvalue weighted by Crippen LogP contribution is 2.27. The number of fused-ring (bicyclic) bond motifs is 1. The average Bonchev–Trinajstić information content (AvgIpc) is 3.42. The van der Waals surface area contributed by atoms with Crippen LogP contribution in [-0.2, 0) is 16.1 Å². The van der Waals surface area contributed by atoms with Gasteiger partial charge in [-0.2, -0.15) is 19.6 Å². The van der Waals surface area contributed by atoms with Crippen LogP contribution in [0.1, 0.15) is 63.0 Å². The van der Waals surface area contributed by atoms with Gasteiger partial charge in [-0.1, -0.05) is 32.6 Å². The Morgan fingerprint density at radius 3 is 2.83 bits per heavy atom. The Hall–Kier alpha value is -4.06. The van der Waals surface area contributed by atoms with Crippen LogP contribution in [0.2, 0.25) is 0 Å². The number of carbonyl (C=O) groups is 1. The van der Waals surface area contributed by atoms with E-state index in [1.807, 2.05) is 24.3 Å². The molecular formula is C30H39FN8O3. The standard InChI is InChI=1S/C30H39FN8O3/c1-4-26(40)35-21-10-8-20(9-11-21)27(32)36-22-7-5-6-19(14-22)15-33-29-38-30(42-25-12-13-41-17-24(25)31)37-28-23(18(2)3)16-34-39(28)29/h4-7,14,16,18,20-21,24-25H,1,8-13,15,17H2,2-3H3,(H2,32,36)(H,35,40)(H,33,37,38). The number of amides is 1. The van der Waals surface area contributed by atoms with Crippen LogP contribution in [0.15, 0.2) is 48.1 Å². The molecule has 1 saturated heterocycles. The first-order valence-corrected chi connectivity index (χ1v) is 14.5. The number of aliphatic imine (C=N–C) groups is 1. The minimum absolute atomic E-state index is 0.000492. The zero-order valence-electron chi connectivity index (χ0n) is 24.1. The molecule has 0 bridgehead atoms. The Balaban J connectivity index is 1.28. The maximum atomic E-state index is 14.4. The van der Waals surface area contributed by atoms with Crippen molar-refractivity contribution >= 4 is 29.0 Å². The Bertz CT molecular complexity index is 1430. The number of alkyl halides is 1. The minimum Gasteiger partial charge on any atom is -0.457 e. The summed E-state index contributed by atoms with van der Waals surface area (Å²) in [5, 5.41) is 10.8. The molecule has 224 valence electrons. The number of nitrogens with two attached hydrogens (primary N) is 1. The second kappa shape index (κ2) is 13.3. The van der Waals surface area contributed by atoms with E-state index in [2.05, 4.69) is 46.1 Å². The Labute approximate surface area is 244 Å². The average molecular weight is 579 g/mol. The lowest BCUT2D eigenvalue weighted by atomic mass is 9.85. The highest BCUT2D eigenvalue weighted by Gasteiger charge is 2.29. The van der Waals surface area contributed by atoms with Gasteiger partial charge < -0.3 is 25.8 Å². The van der Waals surface area contributed by atoms with Crippen molar-refractivity contribution in [2.75, 3.05) is 18.5 Å². The second-order valence-electron chi connectivity index (χ2n) is 11.2. The number of aromatic nitrogens is 4. The smallest absolute Gasteiger partial charge is 0.322 e. The fourth-order valence-electron chi connectivity index (χ4n) is 5.35. The number of halogens is 1. The Kier molecular flexibility index (Phi) is 9.31. The number of amidine groups is 1. The van der Waals surface area contributed by atoms with Gasteiger partial charge in [-0.15, -0.1) is 0 Å². The van der Waals surface area contributed by atoms with Crippen LogP contribution in [0.5, 0.6) is 6.01 Å². The summed E-state index contributed by atoms with van der Waals surface area (Å²) in [4.78, 5) is 25.4. The summed E-state index contributed by atoms with van der Waals surface area (Å²) in [6.07, 6.45) is 5.04. The fourth-order valence-corrected chi connectivity index (χ4v) is 5.35. The van der Waals surface area contributed by atoms with Crippen molar-refractivity contribution < 1.29 is 18.7 Å². The third-order valence-corrected chi connectivity index (χ3v) is 7.78. The summed E-state index contributed by atoms with van der Waals surface area (Å²) in [5.41, 5.74) is 9.71.